The average Bonchev–Trinajstić information content (AvgIpc) is 2.59. The molecular formula is C20H12O4. The van der Waals surface area contributed by atoms with E-state index in [1.54, 1.807) is 30.3 Å². The first-order valence-electron chi connectivity index (χ1n) is 7.63. The van der Waals surface area contributed by atoms with Crippen LogP contribution in [0.1, 0.15) is 15.9 Å². The van der Waals surface area contributed by atoms with Crippen LogP contribution in [0.2, 0.25) is 0 Å². The van der Waals surface area contributed by atoms with E-state index in [0.29, 0.717) is 17.1 Å². The minimum absolute atomic E-state index is 0.0870. The van der Waals surface area contributed by atoms with Crippen LogP contribution in [0.25, 0.3) is 16.8 Å². The lowest BCUT2D eigenvalue weighted by Crippen LogP contribution is -2.50. The molecule has 2 aliphatic heterocycles. The molecule has 1 atom stereocenters. The molecule has 0 saturated heterocycles. The number of aliphatic hydroxyl groups is 1. The van der Waals surface area contributed by atoms with Crippen molar-refractivity contribution < 1.29 is 19.4 Å². The minimum Gasteiger partial charge on any atom is -0.426 e. The van der Waals surface area contributed by atoms with Crippen molar-refractivity contribution in [3.05, 3.63) is 77.4 Å². The average molecular weight is 316 g/mol. The first-order chi connectivity index (χ1) is 11.6. The van der Waals surface area contributed by atoms with Crippen LogP contribution >= 0.6 is 0 Å². The molecule has 2 aliphatic rings. The van der Waals surface area contributed by atoms with E-state index in [1.807, 2.05) is 36.4 Å². The van der Waals surface area contributed by atoms with Crippen LogP contribution in [0.4, 0.5) is 0 Å². The maximum absolute atomic E-state index is 12.9. The van der Waals surface area contributed by atoms with Gasteiger partial charge in [-0.25, -0.2) is 0 Å². The fraction of sp³-hybridized carbons (Fsp3) is 0.0500. The smallest absolute Gasteiger partial charge is 0.403 e. The lowest BCUT2D eigenvalue weighted by Gasteiger charge is -2.37. The van der Waals surface area contributed by atoms with Crippen LogP contribution in [0.3, 0.4) is 0 Å². The topological polar surface area (TPSA) is 55.8 Å². The van der Waals surface area contributed by atoms with Gasteiger partial charge in [0.05, 0.1) is 5.56 Å². The normalized spacial score (nSPS) is 21.0. The molecule has 0 amide bonds. The third-order valence-corrected chi connectivity index (χ3v) is 4.39. The van der Waals surface area contributed by atoms with E-state index in [9.17, 15) is 9.90 Å². The molecule has 3 aromatic rings. The minimum atomic E-state index is -2.10. The molecule has 1 unspecified atom stereocenters. The van der Waals surface area contributed by atoms with Crippen molar-refractivity contribution in [1.82, 2.24) is 0 Å². The number of fused-ring (bicyclic) bond motifs is 4. The summed E-state index contributed by atoms with van der Waals surface area (Å²) in [6, 6.07) is 18.4. The van der Waals surface area contributed by atoms with Gasteiger partial charge in [0.25, 0.3) is 0 Å². The van der Waals surface area contributed by atoms with Gasteiger partial charge >= 0.3 is 5.97 Å². The molecule has 0 radical (unpaired) electrons. The van der Waals surface area contributed by atoms with Gasteiger partial charge in [-0.3, -0.25) is 4.79 Å². The van der Waals surface area contributed by atoms with Crippen molar-refractivity contribution in [3.63, 3.8) is 0 Å². The molecule has 0 aromatic heterocycles. The lowest BCUT2D eigenvalue weighted by atomic mass is 9.92. The van der Waals surface area contributed by atoms with Crippen molar-refractivity contribution in [2.75, 3.05) is 0 Å². The number of benzene rings is 3. The largest absolute Gasteiger partial charge is 0.426 e. The number of carbonyl (C=O) groups is 1. The molecule has 5 rings (SSSR count). The molecule has 4 nitrogen and oxygen atoms in total. The predicted molar refractivity (Wildman–Crippen MR) is 88.9 cm³/mol. The van der Waals surface area contributed by atoms with E-state index >= 15 is 0 Å². The third kappa shape index (κ3) is 1.74. The number of hydrogen-bond donors (Lipinski definition) is 1. The highest BCUT2D eigenvalue weighted by atomic mass is 16.8. The Morgan fingerprint density at radius 3 is 2.33 bits per heavy atom. The number of para-hydroxylation sites is 1. The van der Waals surface area contributed by atoms with E-state index in [0.717, 1.165) is 16.3 Å². The molecule has 0 bridgehead atoms. The second-order valence-electron chi connectivity index (χ2n) is 5.91. The Bertz CT molecular complexity index is 1050. The lowest BCUT2D eigenvalue weighted by molar-refractivity contribution is -0.243. The molecule has 1 N–H and O–H groups in total. The Hall–Kier alpha value is -3.11. The summed E-state index contributed by atoms with van der Waals surface area (Å²) in [7, 11) is 0. The zero-order chi connectivity index (χ0) is 16.3. The van der Waals surface area contributed by atoms with Crippen LogP contribution in [-0.2, 0) is 0 Å². The van der Waals surface area contributed by atoms with E-state index in [4.69, 9.17) is 9.47 Å². The standard InChI is InChI=1S/C20H12O4/c21-19-15-9-12-5-1-2-6-13(12)11-18(15)24-20(22)16(19)10-14-7-3-4-8-17(14)23-20/h1-11,22H. The van der Waals surface area contributed by atoms with Crippen molar-refractivity contribution >= 4 is 22.6 Å². The fourth-order valence-corrected chi connectivity index (χ4v) is 3.20. The van der Waals surface area contributed by atoms with Gasteiger partial charge in [0, 0.05) is 5.56 Å². The summed E-state index contributed by atoms with van der Waals surface area (Å²) in [6.45, 7) is 0. The van der Waals surface area contributed by atoms with Crippen LogP contribution in [0, 0.1) is 0 Å². The maximum atomic E-state index is 12.9. The zero-order valence-electron chi connectivity index (χ0n) is 12.5. The first-order valence-corrected chi connectivity index (χ1v) is 7.63. The van der Waals surface area contributed by atoms with E-state index in [1.165, 1.54) is 0 Å². The van der Waals surface area contributed by atoms with E-state index in [-0.39, 0.29) is 11.4 Å². The highest BCUT2D eigenvalue weighted by Gasteiger charge is 2.49. The van der Waals surface area contributed by atoms with Gasteiger partial charge in [-0.2, -0.15) is 0 Å². The number of carbonyl (C=O) groups excluding carboxylic acids is 1. The van der Waals surface area contributed by atoms with Crippen LogP contribution < -0.4 is 9.47 Å². The van der Waals surface area contributed by atoms with Gasteiger partial charge in [0.1, 0.15) is 17.1 Å². The molecule has 0 saturated carbocycles. The monoisotopic (exact) mass is 316 g/mol. The summed E-state index contributed by atoms with van der Waals surface area (Å²) in [5.41, 5.74) is 1.25. The molecule has 4 heteroatoms. The SMILES string of the molecule is O=C1C2=Cc3ccccc3OC2(O)Oc2cc3ccccc3cc21. The Kier molecular flexibility index (Phi) is 2.48. The molecule has 24 heavy (non-hydrogen) atoms. The number of Topliss-reactive ketones (excluding diaryl/α,β-unsaturated/α-hetero) is 1. The second kappa shape index (κ2) is 4.46. The van der Waals surface area contributed by atoms with Crippen molar-refractivity contribution in [3.8, 4) is 11.5 Å². The summed E-state index contributed by atoms with van der Waals surface area (Å²) in [4.78, 5) is 12.9. The zero-order valence-corrected chi connectivity index (χ0v) is 12.5. The first kappa shape index (κ1) is 13.3. The summed E-state index contributed by atoms with van der Waals surface area (Å²) < 4.78 is 11.3. The van der Waals surface area contributed by atoms with Crippen molar-refractivity contribution in [2.24, 2.45) is 0 Å². The highest BCUT2D eigenvalue weighted by Crippen LogP contribution is 2.43. The summed E-state index contributed by atoms with van der Waals surface area (Å²) in [6.07, 6.45) is 1.62. The van der Waals surface area contributed by atoms with Crippen molar-refractivity contribution in [1.29, 1.82) is 0 Å². The van der Waals surface area contributed by atoms with Gasteiger partial charge in [-0.05, 0) is 35.0 Å². The predicted octanol–water partition coefficient (Wildman–Crippen LogP) is 3.54. The quantitative estimate of drug-likeness (QED) is 0.689. The third-order valence-electron chi connectivity index (χ3n) is 4.39. The molecule has 0 spiro atoms. The van der Waals surface area contributed by atoms with Crippen molar-refractivity contribution in [2.45, 2.75) is 5.97 Å². The van der Waals surface area contributed by atoms with Crippen LogP contribution in [0.15, 0.2) is 66.2 Å². The van der Waals surface area contributed by atoms with Crippen LogP contribution in [0.5, 0.6) is 11.5 Å². The molecule has 0 aliphatic carbocycles. The molecule has 0 fully saturated rings. The van der Waals surface area contributed by atoms with Gasteiger partial charge < -0.3 is 14.6 Å². The molecule has 2 heterocycles. The van der Waals surface area contributed by atoms with Gasteiger partial charge in [-0.1, -0.05) is 42.5 Å². The molecular weight excluding hydrogens is 304 g/mol. The van der Waals surface area contributed by atoms with Crippen LogP contribution in [-0.4, -0.2) is 16.9 Å². The number of ether oxygens (including phenoxy) is 2. The van der Waals surface area contributed by atoms with Gasteiger partial charge in [0.2, 0.25) is 5.78 Å². The van der Waals surface area contributed by atoms with Gasteiger partial charge in [-0.15, -0.1) is 0 Å². The summed E-state index contributed by atoms with van der Waals surface area (Å²) >= 11 is 0. The maximum Gasteiger partial charge on any atom is 0.403 e. The fourth-order valence-electron chi connectivity index (χ4n) is 3.20. The summed E-state index contributed by atoms with van der Waals surface area (Å²) in [5.74, 6) is -1.60. The molecule has 116 valence electrons. The number of ketones is 1. The second-order valence-corrected chi connectivity index (χ2v) is 5.91. The molecule has 3 aromatic carbocycles. The number of hydrogen-bond acceptors (Lipinski definition) is 4. The Morgan fingerprint density at radius 1 is 0.833 bits per heavy atom. The van der Waals surface area contributed by atoms with E-state index < -0.39 is 5.97 Å². The number of rotatable bonds is 0. The Labute approximate surface area is 137 Å². The Morgan fingerprint density at radius 2 is 1.50 bits per heavy atom. The summed E-state index contributed by atoms with van der Waals surface area (Å²) in [5, 5.41) is 12.7. The Balaban J connectivity index is 1.74. The van der Waals surface area contributed by atoms with E-state index in [2.05, 4.69) is 0 Å². The van der Waals surface area contributed by atoms with Gasteiger partial charge in [0.15, 0.2) is 0 Å². The highest BCUT2D eigenvalue weighted by molar-refractivity contribution is 6.16.